The van der Waals surface area contributed by atoms with Gasteiger partial charge in [0.05, 0.1) is 0 Å². The Morgan fingerprint density at radius 1 is 0.762 bits per heavy atom. The van der Waals surface area contributed by atoms with Crippen molar-refractivity contribution in [2.75, 3.05) is 0 Å². The largest absolute Gasteiger partial charge is 0.634 e. The summed E-state index contributed by atoms with van der Waals surface area (Å²) in [6.07, 6.45) is 0. The van der Waals surface area contributed by atoms with Crippen LogP contribution < -0.4 is 13.9 Å². The topological polar surface area (TPSA) is 41.5 Å². The van der Waals surface area contributed by atoms with Crippen LogP contribution in [0, 0.1) is 27.7 Å². The molecule has 0 heterocycles. The van der Waals surface area contributed by atoms with Crippen molar-refractivity contribution in [2.24, 2.45) is 0 Å². The summed E-state index contributed by atoms with van der Waals surface area (Å²) < 4.78 is 10.7. The zero-order valence-electron chi connectivity index (χ0n) is 12.5. The van der Waals surface area contributed by atoms with Crippen LogP contribution in [0.2, 0.25) is 0 Å². The predicted octanol–water partition coefficient (Wildman–Crippen LogP) is 3.96. The summed E-state index contributed by atoms with van der Waals surface area (Å²) in [5, 5.41) is 0. The standard InChI is InChI=1S/C16H19O3PS/c1-11-5-7-15(9-13(11)3)18-20(17,21)19-16-8-6-12(2)14(4)10-16/h5-10H,1-4H3,(H,17,21)/p-1. The highest BCUT2D eigenvalue weighted by Crippen LogP contribution is 2.50. The summed E-state index contributed by atoms with van der Waals surface area (Å²) >= 11 is 4.97. The van der Waals surface area contributed by atoms with E-state index in [4.69, 9.17) is 21.3 Å². The average Bonchev–Trinajstić information content (AvgIpc) is 2.37. The van der Waals surface area contributed by atoms with Gasteiger partial charge in [0.1, 0.15) is 0 Å². The van der Waals surface area contributed by atoms with E-state index in [9.17, 15) is 4.89 Å². The van der Waals surface area contributed by atoms with Crippen molar-refractivity contribution in [3.8, 4) is 11.5 Å². The Morgan fingerprint density at radius 2 is 1.14 bits per heavy atom. The molecule has 5 heteroatoms. The number of hydrogen-bond donors (Lipinski definition) is 0. The predicted molar refractivity (Wildman–Crippen MR) is 87.4 cm³/mol. The highest BCUT2D eigenvalue weighted by Gasteiger charge is 2.17. The smallest absolute Gasteiger partial charge is 0.212 e. The van der Waals surface area contributed by atoms with Gasteiger partial charge in [0, 0.05) is 0 Å². The minimum Gasteiger partial charge on any atom is -0.634 e. The summed E-state index contributed by atoms with van der Waals surface area (Å²) in [5.41, 5.74) is 4.37. The van der Waals surface area contributed by atoms with Gasteiger partial charge >= 0.3 is 0 Å². The summed E-state index contributed by atoms with van der Waals surface area (Å²) in [4.78, 5) is 12.3. The van der Waals surface area contributed by atoms with Crippen molar-refractivity contribution >= 4 is 19.4 Å². The fraction of sp³-hybridized carbons (Fsp3) is 0.250. The number of hydrogen-bond acceptors (Lipinski definition) is 4. The molecule has 112 valence electrons. The van der Waals surface area contributed by atoms with E-state index in [-0.39, 0.29) is 0 Å². The lowest BCUT2D eigenvalue weighted by molar-refractivity contribution is -0.193. The molecule has 0 aliphatic heterocycles. The van der Waals surface area contributed by atoms with Crippen molar-refractivity contribution < 1.29 is 13.9 Å². The first-order valence-electron chi connectivity index (χ1n) is 6.61. The van der Waals surface area contributed by atoms with Crippen LogP contribution in [0.4, 0.5) is 0 Å². The molecule has 0 saturated carbocycles. The molecule has 21 heavy (non-hydrogen) atoms. The van der Waals surface area contributed by atoms with Gasteiger partial charge in [-0.3, -0.25) is 0 Å². The quantitative estimate of drug-likeness (QED) is 0.631. The van der Waals surface area contributed by atoms with E-state index in [0.29, 0.717) is 11.5 Å². The third-order valence-corrected chi connectivity index (χ3v) is 4.71. The lowest BCUT2D eigenvalue weighted by atomic mass is 10.1. The molecule has 2 aromatic rings. The second-order valence-electron chi connectivity index (χ2n) is 5.12. The summed E-state index contributed by atoms with van der Waals surface area (Å²) in [6.45, 7) is 7.91. The van der Waals surface area contributed by atoms with Crippen LogP contribution >= 0.6 is 7.15 Å². The average molecular weight is 321 g/mol. The monoisotopic (exact) mass is 321 g/mol. The van der Waals surface area contributed by atoms with E-state index in [1.165, 1.54) is 0 Å². The van der Waals surface area contributed by atoms with Crippen LogP contribution in [0.3, 0.4) is 0 Å². The van der Waals surface area contributed by atoms with Crippen LogP contribution in [0.15, 0.2) is 36.4 Å². The molecule has 0 unspecified atom stereocenters. The summed E-state index contributed by atoms with van der Waals surface area (Å²) in [5.74, 6) is 0.917. The molecule has 0 bridgehead atoms. The lowest BCUT2D eigenvalue weighted by Crippen LogP contribution is -2.18. The second-order valence-corrected chi connectivity index (χ2v) is 7.72. The molecule has 0 atom stereocenters. The molecule has 0 N–H and O–H groups in total. The van der Waals surface area contributed by atoms with Crippen molar-refractivity contribution in [3.05, 3.63) is 58.7 Å². The van der Waals surface area contributed by atoms with Crippen LogP contribution in [-0.4, -0.2) is 0 Å². The SMILES string of the molecule is Cc1ccc(O[P+]([O-])([S-])Oc2ccc(C)c(C)c2)cc1C. The molecule has 0 fully saturated rings. The summed E-state index contributed by atoms with van der Waals surface area (Å²) in [7, 11) is -3.62. The minimum absolute atomic E-state index is 0.459. The maximum Gasteiger partial charge on any atom is 0.212 e. The van der Waals surface area contributed by atoms with E-state index in [0.717, 1.165) is 22.3 Å². The van der Waals surface area contributed by atoms with E-state index in [1.54, 1.807) is 24.3 Å². The van der Waals surface area contributed by atoms with Gasteiger partial charge < -0.3 is 26.2 Å². The lowest BCUT2D eigenvalue weighted by Gasteiger charge is -2.32. The van der Waals surface area contributed by atoms with Gasteiger partial charge in [-0.2, -0.15) is 0 Å². The molecule has 0 saturated heterocycles. The first-order valence-corrected chi connectivity index (χ1v) is 9.17. The summed E-state index contributed by atoms with van der Waals surface area (Å²) in [6, 6.07) is 10.9. The Bertz CT molecular complexity index is 600. The molecule has 2 rings (SSSR count). The number of rotatable bonds is 4. The van der Waals surface area contributed by atoms with Crippen LogP contribution in [0.5, 0.6) is 11.5 Å². The normalized spacial score (nSPS) is 11.3. The van der Waals surface area contributed by atoms with E-state index >= 15 is 0 Å². The van der Waals surface area contributed by atoms with Crippen molar-refractivity contribution in [3.63, 3.8) is 0 Å². The maximum absolute atomic E-state index is 12.3. The Morgan fingerprint density at radius 3 is 1.48 bits per heavy atom. The molecule has 0 aromatic heterocycles. The second kappa shape index (κ2) is 6.27. The third kappa shape index (κ3) is 4.37. The molecule has 2 aromatic carbocycles. The number of aryl methyl sites for hydroxylation is 4. The van der Waals surface area contributed by atoms with E-state index < -0.39 is 7.15 Å². The molecule has 0 spiro atoms. The zero-order valence-corrected chi connectivity index (χ0v) is 14.3. The number of benzene rings is 2. The Labute approximate surface area is 131 Å². The van der Waals surface area contributed by atoms with Gasteiger partial charge in [0.15, 0.2) is 11.5 Å². The zero-order chi connectivity index (χ0) is 15.6. The van der Waals surface area contributed by atoms with E-state index in [1.807, 2.05) is 39.8 Å². The minimum atomic E-state index is -3.62. The van der Waals surface area contributed by atoms with Crippen molar-refractivity contribution in [1.82, 2.24) is 0 Å². The molecule has 0 amide bonds. The Hall–Kier alpha value is -1.22. The van der Waals surface area contributed by atoms with Gasteiger partial charge in [0.25, 0.3) is 0 Å². The molecular formula is C16H18O3PS-. The van der Waals surface area contributed by atoms with Gasteiger partial charge in [-0.25, -0.2) is 0 Å². The first kappa shape index (κ1) is 16.2. The van der Waals surface area contributed by atoms with Gasteiger partial charge in [-0.1, -0.05) is 12.1 Å². The first-order chi connectivity index (χ1) is 9.77. The van der Waals surface area contributed by atoms with Crippen molar-refractivity contribution in [1.29, 1.82) is 0 Å². The Balaban J connectivity index is 2.13. The van der Waals surface area contributed by atoms with Crippen molar-refractivity contribution in [2.45, 2.75) is 27.7 Å². The van der Waals surface area contributed by atoms with Crippen LogP contribution in [-0.2, 0) is 12.2 Å². The molecular weight excluding hydrogens is 303 g/mol. The fourth-order valence-corrected chi connectivity index (χ4v) is 3.12. The van der Waals surface area contributed by atoms with Gasteiger partial charge in [-0.15, -0.1) is 0 Å². The van der Waals surface area contributed by atoms with Crippen LogP contribution in [0.25, 0.3) is 0 Å². The molecule has 3 nitrogen and oxygen atoms in total. The molecule has 0 radical (unpaired) electrons. The van der Waals surface area contributed by atoms with Gasteiger partial charge in [0.2, 0.25) is 7.15 Å². The highest BCUT2D eigenvalue weighted by atomic mass is 32.7. The Kier molecular flexibility index (Phi) is 4.82. The molecule has 0 aliphatic carbocycles. The third-order valence-electron chi connectivity index (χ3n) is 3.39. The van der Waals surface area contributed by atoms with E-state index in [2.05, 4.69) is 0 Å². The van der Waals surface area contributed by atoms with Crippen LogP contribution in [0.1, 0.15) is 22.3 Å². The highest BCUT2D eigenvalue weighted by molar-refractivity contribution is 8.35. The van der Waals surface area contributed by atoms with Gasteiger partial charge in [-0.05, 0) is 74.2 Å². The maximum atomic E-state index is 12.3. The molecule has 0 aliphatic rings. The fourth-order valence-electron chi connectivity index (χ4n) is 1.82.